The first-order chi connectivity index (χ1) is 8.64. The van der Waals surface area contributed by atoms with Crippen LogP contribution in [0, 0.1) is 17.3 Å². The summed E-state index contributed by atoms with van der Waals surface area (Å²) in [6.07, 6.45) is 6.27. The maximum absolute atomic E-state index is 6.33. The Bertz CT molecular complexity index is 437. The van der Waals surface area contributed by atoms with Crippen LogP contribution >= 0.6 is 34.8 Å². The molecule has 0 aromatic heterocycles. The summed E-state index contributed by atoms with van der Waals surface area (Å²) in [5.74, 6) is 2.39. The van der Waals surface area contributed by atoms with Crippen LogP contribution in [0.1, 0.15) is 31.2 Å². The summed E-state index contributed by atoms with van der Waals surface area (Å²) < 4.78 is 0. The summed E-state index contributed by atoms with van der Waals surface area (Å²) in [6.45, 7) is 0. The van der Waals surface area contributed by atoms with Crippen molar-refractivity contribution in [1.82, 2.24) is 0 Å². The Morgan fingerprint density at radius 3 is 2.39 bits per heavy atom. The molecule has 3 atom stereocenters. The van der Waals surface area contributed by atoms with Gasteiger partial charge in [0.25, 0.3) is 0 Å². The molecule has 2 saturated carbocycles. The zero-order valence-electron chi connectivity index (χ0n) is 10.3. The summed E-state index contributed by atoms with van der Waals surface area (Å²) in [5.41, 5.74) is 1.33. The van der Waals surface area contributed by atoms with Crippen molar-refractivity contribution in [1.29, 1.82) is 0 Å². The zero-order valence-corrected chi connectivity index (χ0v) is 12.5. The van der Waals surface area contributed by atoms with E-state index >= 15 is 0 Å². The average Bonchev–Trinajstić information content (AvgIpc) is 2.95. The molecule has 1 aromatic rings. The molecular formula is C15H17Cl3. The van der Waals surface area contributed by atoms with Gasteiger partial charge in [0.15, 0.2) is 0 Å². The number of hydrogen-bond donors (Lipinski definition) is 0. The molecule has 98 valence electrons. The number of rotatable bonds is 3. The van der Waals surface area contributed by atoms with Crippen molar-refractivity contribution >= 4 is 34.8 Å². The van der Waals surface area contributed by atoms with Crippen molar-refractivity contribution in [3.63, 3.8) is 0 Å². The van der Waals surface area contributed by atoms with Crippen molar-refractivity contribution in [3.8, 4) is 0 Å². The van der Waals surface area contributed by atoms with Crippen LogP contribution in [0.4, 0.5) is 0 Å². The molecule has 0 amide bonds. The van der Waals surface area contributed by atoms with E-state index in [1.807, 2.05) is 18.2 Å². The van der Waals surface area contributed by atoms with E-state index in [0.717, 1.165) is 39.7 Å². The molecular weight excluding hydrogens is 287 g/mol. The molecule has 0 saturated heterocycles. The Kier molecular flexibility index (Phi) is 3.55. The van der Waals surface area contributed by atoms with Gasteiger partial charge in [-0.05, 0) is 60.6 Å². The van der Waals surface area contributed by atoms with Crippen molar-refractivity contribution < 1.29 is 0 Å². The van der Waals surface area contributed by atoms with Crippen LogP contribution in [-0.2, 0) is 6.42 Å². The molecule has 2 fully saturated rings. The van der Waals surface area contributed by atoms with Crippen LogP contribution in [0.15, 0.2) is 18.2 Å². The summed E-state index contributed by atoms with van der Waals surface area (Å²) in [5, 5.41) is 1.57. The second-order valence-electron chi connectivity index (χ2n) is 5.95. The van der Waals surface area contributed by atoms with Gasteiger partial charge < -0.3 is 0 Å². The highest BCUT2D eigenvalue weighted by Gasteiger charge is 2.50. The Morgan fingerprint density at radius 2 is 1.89 bits per heavy atom. The highest BCUT2D eigenvalue weighted by molar-refractivity contribution is 6.36. The molecule has 3 rings (SSSR count). The minimum atomic E-state index is 0.235. The normalized spacial score (nSPS) is 34.2. The molecule has 3 heteroatoms. The van der Waals surface area contributed by atoms with E-state index in [-0.39, 0.29) is 5.41 Å². The van der Waals surface area contributed by atoms with E-state index in [4.69, 9.17) is 34.8 Å². The Balaban J connectivity index is 1.91. The van der Waals surface area contributed by atoms with Crippen molar-refractivity contribution in [2.75, 3.05) is 5.88 Å². The minimum Gasteiger partial charge on any atom is -0.126 e. The first-order valence-electron chi connectivity index (χ1n) is 6.63. The average molecular weight is 304 g/mol. The molecule has 18 heavy (non-hydrogen) atoms. The van der Waals surface area contributed by atoms with E-state index < -0.39 is 0 Å². The first kappa shape index (κ1) is 13.1. The molecule has 2 bridgehead atoms. The monoisotopic (exact) mass is 302 g/mol. The number of halogens is 3. The fourth-order valence-electron chi connectivity index (χ4n) is 4.04. The molecule has 0 aliphatic heterocycles. The lowest BCUT2D eigenvalue weighted by molar-refractivity contribution is 0.193. The third-order valence-electron chi connectivity index (χ3n) is 4.96. The van der Waals surface area contributed by atoms with Crippen LogP contribution in [0.3, 0.4) is 0 Å². The lowest BCUT2D eigenvalue weighted by Gasteiger charge is -2.36. The SMILES string of the molecule is ClCC1(Cc2c(Cl)cccc2Cl)CC2CCC1C2. The van der Waals surface area contributed by atoms with Crippen molar-refractivity contribution in [2.24, 2.45) is 17.3 Å². The zero-order chi connectivity index (χ0) is 12.8. The molecule has 1 aromatic carbocycles. The Labute approximate surface area is 124 Å². The highest BCUT2D eigenvalue weighted by atomic mass is 35.5. The lowest BCUT2D eigenvalue weighted by Crippen LogP contribution is -2.32. The van der Waals surface area contributed by atoms with E-state index in [1.54, 1.807) is 0 Å². The quantitative estimate of drug-likeness (QED) is 0.639. The van der Waals surface area contributed by atoms with Crippen LogP contribution in [0.2, 0.25) is 10.0 Å². The first-order valence-corrected chi connectivity index (χ1v) is 7.92. The predicted molar refractivity (Wildman–Crippen MR) is 78.8 cm³/mol. The molecule has 0 radical (unpaired) electrons. The van der Waals surface area contributed by atoms with Gasteiger partial charge in [-0.3, -0.25) is 0 Å². The molecule has 0 N–H and O–H groups in total. The van der Waals surface area contributed by atoms with E-state index in [1.165, 1.54) is 25.7 Å². The molecule has 0 spiro atoms. The van der Waals surface area contributed by atoms with Gasteiger partial charge in [0.05, 0.1) is 0 Å². The van der Waals surface area contributed by atoms with Gasteiger partial charge in [-0.2, -0.15) is 0 Å². The van der Waals surface area contributed by atoms with Crippen LogP contribution in [0.25, 0.3) is 0 Å². The highest BCUT2D eigenvalue weighted by Crippen LogP contribution is 2.58. The topological polar surface area (TPSA) is 0 Å². The maximum Gasteiger partial charge on any atom is 0.0453 e. The van der Waals surface area contributed by atoms with Gasteiger partial charge in [0.1, 0.15) is 0 Å². The second kappa shape index (κ2) is 4.89. The largest absolute Gasteiger partial charge is 0.126 e. The van der Waals surface area contributed by atoms with Gasteiger partial charge in [-0.15, -0.1) is 11.6 Å². The van der Waals surface area contributed by atoms with E-state index in [2.05, 4.69) is 0 Å². The summed E-state index contributed by atoms with van der Waals surface area (Å²) >= 11 is 18.9. The summed E-state index contributed by atoms with van der Waals surface area (Å²) in [7, 11) is 0. The van der Waals surface area contributed by atoms with E-state index in [9.17, 15) is 0 Å². The van der Waals surface area contributed by atoms with Gasteiger partial charge in [-0.25, -0.2) is 0 Å². The van der Waals surface area contributed by atoms with Gasteiger partial charge in [-0.1, -0.05) is 35.7 Å². The van der Waals surface area contributed by atoms with E-state index in [0.29, 0.717) is 0 Å². The summed E-state index contributed by atoms with van der Waals surface area (Å²) in [4.78, 5) is 0. The maximum atomic E-state index is 6.33. The molecule has 2 aliphatic carbocycles. The van der Waals surface area contributed by atoms with Gasteiger partial charge >= 0.3 is 0 Å². The fourth-order valence-corrected chi connectivity index (χ4v) is 4.99. The second-order valence-corrected chi connectivity index (χ2v) is 7.03. The third-order valence-corrected chi connectivity index (χ3v) is 6.20. The Hall–Kier alpha value is 0.0900. The molecule has 3 unspecified atom stereocenters. The van der Waals surface area contributed by atoms with Crippen molar-refractivity contribution in [3.05, 3.63) is 33.8 Å². The van der Waals surface area contributed by atoms with Crippen molar-refractivity contribution in [2.45, 2.75) is 32.1 Å². The number of fused-ring (bicyclic) bond motifs is 2. The smallest absolute Gasteiger partial charge is 0.0453 e. The van der Waals surface area contributed by atoms with Crippen LogP contribution in [0.5, 0.6) is 0 Å². The van der Waals surface area contributed by atoms with Gasteiger partial charge in [0.2, 0.25) is 0 Å². The lowest BCUT2D eigenvalue weighted by atomic mass is 9.71. The number of alkyl halides is 1. The number of benzene rings is 1. The van der Waals surface area contributed by atoms with Crippen LogP contribution in [-0.4, -0.2) is 5.88 Å². The third kappa shape index (κ3) is 2.07. The van der Waals surface area contributed by atoms with Crippen LogP contribution < -0.4 is 0 Å². The minimum absolute atomic E-state index is 0.235. The number of hydrogen-bond acceptors (Lipinski definition) is 0. The standard InChI is InChI=1S/C15H17Cl3/c16-9-15(7-10-4-5-11(15)6-10)8-12-13(17)2-1-3-14(12)18/h1-3,10-11H,4-9H2. The molecule has 0 heterocycles. The Morgan fingerprint density at radius 1 is 1.17 bits per heavy atom. The molecule has 2 aliphatic rings. The fraction of sp³-hybridized carbons (Fsp3) is 0.600. The summed E-state index contributed by atoms with van der Waals surface area (Å²) in [6, 6.07) is 5.76. The van der Waals surface area contributed by atoms with Gasteiger partial charge in [0, 0.05) is 15.9 Å². The predicted octanol–water partition coefficient (Wildman–Crippen LogP) is 5.58. The molecule has 0 nitrogen and oxygen atoms in total.